The van der Waals surface area contributed by atoms with E-state index >= 15 is 0 Å². The number of pyridine rings is 1. The molecule has 1 heterocycles. The van der Waals surface area contributed by atoms with Crippen molar-refractivity contribution in [2.45, 2.75) is 26.5 Å². The minimum atomic E-state index is -0.294. The predicted molar refractivity (Wildman–Crippen MR) is 52.4 cm³/mol. The molecule has 0 aliphatic carbocycles. The van der Waals surface area contributed by atoms with Gasteiger partial charge in [-0.3, -0.25) is 4.98 Å². The van der Waals surface area contributed by atoms with Gasteiger partial charge in [0.1, 0.15) is 0 Å². The van der Waals surface area contributed by atoms with Crippen LogP contribution >= 0.6 is 0 Å². The maximum absolute atomic E-state index is 9.02. The molecule has 13 heavy (non-hydrogen) atoms. The van der Waals surface area contributed by atoms with E-state index in [0.29, 0.717) is 6.54 Å². The highest BCUT2D eigenvalue weighted by molar-refractivity contribution is 5.20. The molecule has 1 rings (SSSR count). The van der Waals surface area contributed by atoms with Crippen molar-refractivity contribution in [2.24, 2.45) is 0 Å². The van der Waals surface area contributed by atoms with Crippen molar-refractivity contribution >= 4 is 0 Å². The summed E-state index contributed by atoms with van der Waals surface area (Å²) in [5.41, 5.74) is 2.41. The third kappa shape index (κ3) is 3.53. The normalized spacial score (nSPS) is 12.8. The van der Waals surface area contributed by atoms with E-state index in [0.717, 1.165) is 6.54 Å². The van der Waals surface area contributed by atoms with E-state index in [-0.39, 0.29) is 6.10 Å². The highest BCUT2D eigenvalue weighted by atomic mass is 16.3. The van der Waals surface area contributed by atoms with Gasteiger partial charge in [0.25, 0.3) is 0 Å². The van der Waals surface area contributed by atoms with Crippen molar-refractivity contribution in [1.82, 2.24) is 10.3 Å². The lowest BCUT2D eigenvalue weighted by molar-refractivity contribution is 0.191. The van der Waals surface area contributed by atoms with Gasteiger partial charge in [0, 0.05) is 25.5 Å². The van der Waals surface area contributed by atoms with Crippen LogP contribution in [0.1, 0.15) is 18.1 Å². The second-order valence-corrected chi connectivity index (χ2v) is 3.28. The second kappa shape index (κ2) is 4.94. The highest BCUT2D eigenvalue weighted by Crippen LogP contribution is 2.03. The molecule has 0 saturated carbocycles. The maximum atomic E-state index is 9.02. The van der Waals surface area contributed by atoms with Crippen LogP contribution in [0.5, 0.6) is 0 Å². The van der Waals surface area contributed by atoms with Crippen molar-refractivity contribution in [3.8, 4) is 0 Å². The number of hydrogen-bond acceptors (Lipinski definition) is 3. The minimum Gasteiger partial charge on any atom is -0.392 e. The molecule has 0 spiro atoms. The molecule has 0 bridgehead atoms. The average molecular weight is 180 g/mol. The highest BCUT2D eigenvalue weighted by Gasteiger charge is 1.98. The van der Waals surface area contributed by atoms with Gasteiger partial charge in [0.15, 0.2) is 0 Å². The van der Waals surface area contributed by atoms with Gasteiger partial charge in [0.05, 0.1) is 6.10 Å². The molecule has 72 valence electrons. The summed E-state index contributed by atoms with van der Waals surface area (Å²) in [4.78, 5) is 4.04. The Morgan fingerprint density at radius 3 is 3.00 bits per heavy atom. The van der Waals surface area contributed by atoms with Crippen LogP contribution in [0.4, 0.5) is 0 Å². The van der Waals surface area contributed by atoms with Gasteiger partial charge in [-0.15, -0.1) is 0 Å². The van der Waals surface area contributed by atoms with Gasteiger partial charge in [-0.05, 0) is 31.0 Å². The molecule has 0 aromatic carbocycles. The minimum absolute atomic E-state index is 0.294. The van der Waals surface area contributed by atoms with Crippen LogP contribution in [0.15, 0.2) is 18.5 Å². The smallest absolute Gasteiger partial charge is 0.0636 e. The van der Waals surface area contributed by atoms with Crippen molar-refractivity contribution < 1.29 is 5.11 Å². The Balaban J connectivity index is 2.41. The summed E-state index contributed by atoms with van der Waals surface area (Å²) in [6.45, 7) is 5.21. The lowest BCUT2D eigenvalue weighted by Gasteiger charge is -2.08. The Labute approximate surface area is 78.8 Å². The summed E-state index contributed by atoms with van der Waals surface area (Å²) < 4.78 is 0. The van der Waals surface area contributed by atoms with Crippen LogP contribution in [0.25, 0.3) is 0 Å². The lowest BCUT2D eigenvalue weighted by Crippen LogP contribution is -2.24. The number of nitrogens with zero attached hydrogens (tertiary/aromatic N) is 1. The summed E-state index contributed by atoms with van der Waals surface area (Å²) in [6, 6.07) is 1.99. The fourth-order valence-corrected chi connectivity index (χ4v) is 1.10. The van der Waals surface area contributed by atoms with Crippen LogP contribution in [0.2, 0.25) is 0 Å². The van der Waals surface area contributed by atoms with Crippen LogP contribution in [0.3, 0.4) is 0 Å². The number of nitrogens with one attached hydrogen (secondary N) is 1. The number of aliphatic hydroxyl groups excluding tert-OH is 1. The Kier molecular flexibility index (Phi) is 3.86. The first-order valence-electron chi connectivity index (χ1n) is 4.48. The van der Waals surface area contributed by atoms with Crippen LogP contribution in [-0.2, 0) is 6.54 Å². The number of aliphatic hydroxyl groups is 1. The first-order chi connectivity index (χ1) is 6.20. The Hall–Kier alpha value is -0.930. The van der Waals surface area contributed by atoms with Crippen molar-refractivity contribution in [3.63, 3.8) is 0 Å². The first kappa shape index (κ1) is 10.2. The van der Waals surface area contributed by atoms with E-state index < -0.39 is 0 Å². The summed E-state index contributed by atoms with van der Waals surface area (Å²) in [6.07, 6.45) is 3.34. The largest absolute Gasteiger partial charge is 0.392 e. The first-order valence-corrected chi connectivity index (χ1v) is 4.48. The Morgan fingerprint density at radius 2 is 2.38 bits per heavy atom. The van der Waals surface area contributed by atoms with E-state index in [9.17, 15) is 0 Å². The average Bonchev–Trinajstić information content (AvgIpc) is 2.08. The molecule has 0 radical (unpaired) electrons. The quantitative estimate of drug-likeness (QED) is 0.722. The monoisotopic (exact) mass is 180 g/mol. The zero-order valence-corrected chi connectivity index (χ0v) is 8.12. The molecular formula is C10H16N2O. The van der Waals surface area contributed by atoms with Crippen molar-refractivity contribution in [3.05, 3.63) is 29.6 Å². The van der Waals surface area contributed by atoms with Crippen molar-refractivity contribution in [1.29, 1.82) is 0 Å². The van der Waals surface area contributed by atoms with E-state index in [4.69, 9.17) is 5.11 Å². The van der Waals surface area contributed by atoms with E-state index in [2.05, 4.69) is 17.2 Å². The fraction of sp³-hybridized carbons (Fsp3) is 0.500. The van der Waals surface area contributed by atoms with Gasteiger partial charge < -0.3 is 10.4 Å². The Bertz CT molecular complexity index is 261. The molecule has 3 nitrogen and oxygen atoms in total. The van der Waals surface area contributed by atoms with Gasteiger partial charge in [-0.2, -0.15) is 0 Å². The lowest BCUT2D eigenvalue weighted by atomic mass is 10.1. The zero-order valence-electron chi connectivity index (χ0n) is 8.12. The molecule has 0 saturated heterocycles. The third-order valence-electron chi connectivity index (χ3n) is 1.90. The summed E-state index contributed by atoms with van der Waals surface area (Å²) in [7, 11) is 0. The number of hydrogen-bond donors (Lipinski definition) is 2. The van der Waals surface area contributed by atoms with Gasteiger partial charge >= 0.3 is 0 Å². The van der Waals surface area contributed by atoms with Crippen LogP contribution in [-0.4, -0.2) is 22.7 Å². The zero-order chi connectivity index (χ0) is 9.68. The molecule has 1 aromatic heterocycles. The summed E-state index contributed by atoms with van der Waals surface area (Å²) in [5, 5.41) is 12.2. The number of aromatic nitrogens is 1. The molecule has 1 atom stereocenters. The predicted octanol–water partition coefficient (Wildman–Crippen LogP) is 0.860. The van der Waals surface area contributed by atoms with Gasteiger partial charge in [-0.1, -0.05) is 0 Å². The van der Waals surface area contributed by atoms with E-state index in [1.54, 1.807) is 13.1 Å². The number of aryl methyl sites for hydroxylation is 1. The molecule has 2 N–H and O–H groups in total. The SMILES string of the molecule is Cc1ccncc1CNCC(C)O. The topological polar surface area (TPSA) is 45.2 Å². The Morgan fingerprint density at radius 1 is 1.62 bits per heavy atom. The standard InChI is InChI=1S/C10H16N2O/c1-8-3-4-11-6-10(8)7-12-5-9(2)13/h3-4,6,9,12-13H,5,7H2,1-2H3. The van der Waals surface area contributed by atoms with Gasteiger partial charge in [0.2, 0.25) is 0 Å². The molecule has 0 fully saturated rings. The maximum Gasteiger partial charge on any atom is 0.0636 e. The van der Waals surface area contributed by atoms with Gasteiger partial charge in [-0.25, -0.2) is 0 Å². The summed E-state index contributed by atoms with van der Waals surface area (Å²) >= 11 is 0. The second-order valence-electron chi connectivity index (χ2n) is 3.28. The third-order valence-corrected chi connectivity index (χ3v) is 1.90. The van der Waals surface area contributed by atoms with Crippen LogP contribution in [0, 0.1) is 6.92 Å². The summed E-state index contributed by atoms with van der Waals surface area (Å²) in [5.74, 6) is 0. The molecular weight excluding hydrogens is 164 g/mol. The van der Waals surface area contributed by atoms with Crippen LogP contribution < -0.4 is 5.32 Å². The molecule has 1 unspecified atom stereocenters. The number of rotatable bonds is 4. The molecule has 0 aliphatic rings. The van der Waals surface area contributed by atoms with E-state index in [1.165, 1.54) is 11.1 Å². The van der Waals surface area contributed by atoms with Crippen molar-refractivity contribution in [2.75, 3.05) is 6.54 Å². The van der Waals surface area contributed by atoms with E-state index in [1.807, 2.05) is 12.3 Å². The molecule has 0 amide bonds. The molecule has 1 aromatic rings. The molecule has 0 aliphatic heterocycles. The molecule has 3 heteroatoms. The fourth-order valence-electron chi connectivity index (χ4n) is 1.10.